The van der Waals surface area contributed by atoms with Gasteiger partial charge in [0.25, 0.3) is 0 Å². The summed E-state index contributed by atoms with van der Waals surface area (Å²) in [6.07, 6.45) is 4.85. The Morgan fingerprint density at radius 2 is 2.06 bits per heavy atom. The van der Waals surface area contributed by atoms with Crippen LogP contribution in [0.25, 0.3) is 0 Å². The first-order chi connectivity index (χ1) is 7.88. The maximum atomic E-state index is 11.0. The van der Waals surface area contributed by atoms with Crippen molar-refractivity contribution in [2.24, 2.45) is 5.92 Å². The average molecular weight is 215 g/mol. The minimum absolute atomic E-state index is 0.117. The Morgan fingerprint density at radius 1 is 1.25 bits per heavy atom. The third kappa shape index (κ3) is 1.73. The number of rotatable bonds is 3. The number of nitrogens with zero attached hydrogens (tertiary/aromatic N) is 1. The van der Waals surface area contributed by atoms with E-state index in [-0.39, 0.29) is 5.92 Å². The van der Waals surface area contributed by atoms with Gasteiger partial charge in [-0.3, -0.25) is 0 Å². The van der Waals surface area contributed by atoms with Crippen LogP contribution in [0.5, 0.6) is 0 Å². The lowest BCUT2D eigenvalue weighted by molar-refractivity contribution is -0.109. The SMILES string of the molecule is O=C[C@H]1CCN(CC2CC2)c2ccccc21. The quantitative estimate of drug-likeness (QED) is 0.722. The number of para-hydroxylation sites is 1. The van der Waals surface area contributed by atoms with Gasteiger partial charge in [-0.1, -0.05) is 18.2 Å². The van der Waals surface area contributed by atoms with E-state index in [1.807, 2.05) is 6.07 Å². The molecule has 0 saturated heterocycles. The molecule has 0 aromatic heterocycles. The third-order valence-electron chi connectivity index (χ3n) is 3.73. The number of benzene rings is 1. The van der Waals surface area contributed by atoms with E-state index in [2.05, 4.69) is 23.1 Å². The van der Waals surface area contributed by atoms with Crippen molar-refractivity contribution in [2.45, 2.75) is 25.2 Å². The molecule has 1 aliphatic carbocycles. The summed E-state index contributed by atoms with van der Waals surface area (Å²) in [7, 11) is 0. The standard InChI is InChI=1S/C14H17NO/c16-10-12-7-8-15(9-11-5-6-11)14-4-2-1-3-13(12)14/h1-4,10-12H,5-9H2/t12-/m1/s1. The van der Waals surface area contributed by atoms with Crippen LogP contribution >= 0.6 is 0 Å². The van der Waals surface area contributed by atoms with E-state index in [4.69, 9.17) is 0 Å². The first-order valence-electron chi connectivity index (χ1n) is 6.17. The van der Waals surface area contributed by atoms with E-state index >= 15 is 0 Å². The number of hydrogen-bond acceptors (Lipinski definition) is 2. The lowest BCUT2D eigenvalue weighted by atomic mass is 9.91. The molecule has 2 aliphatic rings. The Kier molecular flexibility index (Phi) is 2.43. The predicted molar refractivity (Wildman–Crippen MR) is 64.8 cm³/mol. The van der Waals surface area contributed by atoms with Crippen LogP contribution in [0.15, 0.2) is 24.3 Å². The van der Waals surface area contributed by atoms with Gasteiger partial charge in [-0.15, -0.1) is 0 Å². The summed E-state index contributed by atoms with van der Waals surface area (Å²) in [5, 5.41) is 0. The summed E-state index contributed by atoms with van der Waals surface area (Å²) in [5.41, 5.74) is 2.52. The van der Waals surface area contributed by atoms with Gasteiger partial charge in [0, 0.05) is 24.7 Å². The van der Waals surface area contributed by atoms with Crippen molar-refractivity contribution in [3.05, 3.63) is 29.8 Å². The molecule has 1 saturated carbocycles. The molecule has 1 aromatic carbocycles. The summed E-state index contributed by atoms with van der Waals surface area (Å²) >= 11 is 0. The third-order valence-corrected chi connectivity index (χ3v) is 3.73. The van der Waals surface area contributed by atoms with E-state index < -0.39 is 0 Å². The van der Waals surface area contributed by atoms with Crippen molar-refractivity contribution in [1.82, 2.24) is 0 Å². The Morgan fingerprint density at radius 3 is 2.81 bits per heavy atom. The molecule has 16 heavy (non-hydrogen) atoms. The van der Waals surface area contributed by atoms with E-state index in [1.165, 1.54) is 30.6 Å². The smallest absolute Gasteiger partial charge is 0.127 e. The fourth-order valence-corrected chi connectivity index (χ4v) is 2.60. The molecular formula is C14H17NO. The highest BCUT2D eigenvalue weighted by molar-refractivity contribution is 5.70. The molecule has 0 unspecified atom stereocenters. The number of fused-ring (bicyclic) bond motifs is 1. The maximum absolute atomic E-state index is 11.0. The van der Waals surface area contributed by atoms with Crippen LogP contribution in [0.2, 0.25) is 0 Å². The van der Waals surface area contributed by atoms with Crippen molar-refractivity contribution in [3.63, 3.8) is 0 Å². The second kappa shape index (κ2) is 3.93. The molecule has 0 spiro atoms. The Hall–Kier alpha value is -1.31. The highest BCUT2D eigenvalue weighted by Gasteiger charge is 2.29. The molecule has 1 atom stereocenters. The van der Waals surface area contributed by atoms with Gasteiger partial charge in [0.1, 0.15) is 6.29 Å². The second-order valence-electron chi connectivity index (χ2n) is 4.98. The van der Waals surface area contributed by atoms with Gasteiger partial charge < -0.3 is 9.69 Å². The zero-order valence-corrected chi connectivity index (χ0v) is 9.43. The summed E-state index contributed by atoms with van der Waals surface area (Å²) in [5.74, 6) is 1.02. The fraction of sp³-hybridized carbons (Fsp3) is 0.500. The van der Waals surface area contributed by atoms with Crippen molar-refractivity contribution in [2.75, 3.05) is 18.0 Å². The lowest BCUT2D eigenvalue weighted by Crippen LogP contribution is -2.33. The van der Waals surface area contributed by atoms with E-state index in [0.29, 0.717) is 0 Å². The number of anilines is 1. The van der Waals surface area contributed by atoms with Crippen molar-refractivity contribution in [3.8, 4) is 0 Å². The van der Waals surface area contributed by atoms with Crippen LogP contribution in [0.3, 0.4) is 0 Å². The Labute approximate surface area is 96.3 Å². The number of aldehydes is 1. The van der Waals surface area contributed by atoms with Crippen molar-refractivity contribution in [1.29, 1.82) is 0 Å². The number of carbonyl (C=O) groups excluding carboxylic acids is 1. The highest BCUT2D eigenvalue weighted by Crippen LogP contribution is 2.37. The molecule has 2 heteroatoms. The Bertz CT molecular complexity index is 397. The lowest BCUT2D eigenvalue weighted by Gasteiger charge is -2.34. The summed E-state index contributed by atoms with van der Waals surface area (Å²) < 4.78 is 0. The van der Waals surface area contributed by atoms with E-state index in [9.17, 15) is 4.79 Å². The van der Waals surface area contributed by atoms with Crippen LogP contribution in [0, 0.1) is 5.92 Å². The van der Waals surface area contributed by atoms with E-state index in [1.54, 1.807) is 0 Å². The minimum atomic E-state index is 0.117. The maximum Gasteiger partial charge on any atom is 0.127 e. The van der Waals surface area contributed by atoms with E-state index in [0.717, 1.165) is 25.2 Å². The van der Waals surface area contributed by atoms with Crippen LogP contribution in [-0.4, -0.2) is 19.4 Å². The monoisotopic (exact) mass is 215 g/mol. The fourth-order valence-electron chi connectivity index (χ4n) is 2.60. The van der Waals surface area contributed by atoms with Crippen LogP contribution in [0.4, 0.5) is 5.69 Å². The largest absolute Gasteiger partial charge is 0.371 e. The average Bonchev–Trinajstić information content (AvgIpc) is 3.14. The summed E-state index contributed by atoms with van der Waals surface area (Å²) in [4.78, 5) is 13.5. The Balaban J connectivity index is 1.90. The molecule has 2 nitrogen and oxygen atoms in total. The van der Waals surface area contributed by atoms with Crippen LogP contribution in [-0.2, 0) is 4.79 Å². The first kappa shape index (κ1) is 9.88. The first-order valence-corrected chi connectivity index (χ1v) is 6.17. The zero-order chi connectivity index (χ0) is 11.0. The van der Waals surface area contributed by atoms with Gasteiger partial charge in [-0.2, -0.15) is 0 Å². The molecule has 1 fully saturated rings. The summed E-state index contributed by atoms with van der Waals surface area (Å²) in [6.45, 7) is 2.22. The second-order valence-corrected chi connectivity index (χ2v) is 4.98. The molecule has 0 bridgehead atoms. The molecule has 1 heterocycles. The predicted octanol–water partition coefficient (Wildman–Crippen LogP) is 2.59. The molecule has 1 aliphatic heterocycles. The van der Waals surface area contributed by atoms with Gasteiger partial charge in [-0.05, 0) is 36.8 Å². The van der Waals surface area contributed by atoms with Crippen molar-refractivity contribution < 1.29 is 4.79 Å². The summed E-state index contributed by atoms with van der Waals surface area (Å²) in [6, 6.07) is 8.38. The minimum Gasteiger partial charge on any atom is -0.371 e. The normalized spacial score (nSPS) is 24.0. The number of hydrogen-bond donors (Lipinski definition) is 0. The van der Waals surface area contributed by atoms with Gasteiger partial charge in [0.2, 0.25) is 0 Å². The van der Waals surface area contributed by atoms with Gasteiger partial charge in [0.05, 0.1) is 0 Å². The van der Waals surface area contributed by atoms with Crippen molar-refractivity contribution >= 4 is 12.0 Å². The van der Waals surface area contributed by atoms with Crippen LogP contribution in [0.1, 0.15) is 30.7 Å². The number of carbonyl (C=O) groups is 1. The molecule has 84 valence electrons. The topological polar surface area (TPSA) is 20.3 Å². The van der Waals surface area contributed by atoms with Gasteiger partial charge >= 0.3 is 0 Å². The highest BCUT2D eigenvalue weighted by atomic mass is 16.1. The zero-order valence-electron chi connectivity index (χ0n) is 9.43. The molecule has 0 N–H and O–H groups in total. The van der Waals surface area contributed by atoms with Crippen LogP contribution < -0.4 is 4.90 Å². The molecule has 0 amide bonds. The van der Waals surface area contributed by atoms with Gasteiger partial charge in [-0.25, -0.2) is 0 Å². The molecule has 1 aromatic rings. The van der Waals surface area contributed by atoms with Gasteiger partial charge in [0.15, 0.2) is 0 Å². The molecule has 3 rings (SSSR count). The molecular weight excluding hydrogens is 198 g/mol. The molecule has 0 radical (unpaired) electrons.